The highest BCUT2D eigenvalue weighted by Gasteiger charge is 2.30. The van der Waals surface area contributed by atoms with Crippen LogP contribution in [-0.4, -0.2) is 18.1 Å². The minimum atomic E-state index is -4.42. The first-order valence-electron chi connectivity index (χ1n) is 4.02. The summed E-state index contributed by atoms with van der Waals surface area (Å²) in [6, 6.07) is 1.68. The molecule has 0 saturated heterocycles. The van der Waals surface area contributed by atoms with Crippen LogP contribution in [0, 0.1) is 0 Å². The second kappa shape index (κ2) is 4.29. The number of rotatable bonds is 2. The summed E-state index contributed by atoms with van der Waals surface area (Å²) in [5.74, 6) is -0.623. The number of pyridine rings is 1. The molecule has 0 saturated carbocycles. The van der Waals surface area contributed by atoms with Gasteiger partial charge >= 0.3 is 12.1 Å². The Kier molecular flexibility index (Phi) is 3.28. The van der Waals surface area contributed by atoms with Gasteiger partial charge in [0.05, 0.1) is 24.8 Å². The lowest BCUT2D eigenvalue weighted by Crippen LogP contribution is -2.09. The molecule has 0 unspecified atom stereocenters. The van der Waals surface area contributed by atoms with Gasteiger partial charge in [0, 0.05) is 6.20 Å². The van der Waals surface area contributed by atoms with Crippen molar-refractivity contribution in [1.29, 1.82) is 0 Å². The monoisotopic (exact) mass is 219 g/mol. The second-order valence-electron chi connectivity index (χ2n) is 2.79. The molecule has 82 valence electrons. The molecule has 0 N–H and O–H groups in total. The molecule has 15 heavy (non-hydrogen) atoms. The molecule has 1 aromatic rings. The molecule has 0 atom stereocenters. The fraction of sp³-hybridized carbons (Fsp3) is 0.333. The van der Waals surface area contributed by atoms with Crippen molar-refractivity contribution in [3.05, 3.63) is 29.6 Å². The Labute approximate surface area is 83.9 Å². The molecule has 1 aromatic heterocycles. The first kappa shape index (κ1) is 11.5. The van der Waals surface area contributed by atoms with E-state index in [0.29, 0.717) is 0 Å². The number of carbonyl (C=O) groups is 1. The van der Waals surface area contributed by atoms with Gasteiger partial charge in [-0.15, -0.1) is 0 Å². The number of nitrogens with zero attached hydrogens (tertiary/aromatic N) is 1. The molecule has 0 spiro atoms. The lowest BCUT2D eigenvalue weighted by molar-refractivity contribution is -0.140. The first-order valence-corrected chi connectivity index (χ1v) is 4.02. The highest BCUT2D eigenvalue weighted by atomic mass is 19.4. The Morgan fingerprint density at radius 1 is 1.53 bits per heavy atom. The highest BCUT2D eigenvalue weighted by molar-refractivity contribution is 5.71. The summed E-state index contributed by atoms with van der Waals surface area (Å²) in [6.07, 6.45) is -3.67. The van der Waals surface area contributed by atoms with E-state index in [1.165, 1.54) is 0 Å². The maximum Gasteiger partial charge on any atom is 0.416 e. The average Bonchev–Trinajstić information content (AvgIpc) is 2.17. The molecular weight excluding hydrogens is 211 g/mol. The molecule has 3 nitrogen and oxygen atoms in total. The van der Waals surface area contributed by atoms with Crippen molar-refractivity contribution >= 4 is 5.97 Å². The van der Waals surface area contributed by atoms with Crippen LogP contribution in [0.1, 0.15) is 11.3 Å². The Hall–Kier alpha value is -1.59. The van der Waals surface area contributed by atoms with Crippen molar-refractivity contribution in [2.24, 2.45) is 0 Å². The first-order chi connectivity index (χ1) is 6.93. The van der Waals surface area contributed by atoms with Crippen molar-refractivity contribution in [3.63, 3.8) is 0 Å². The van der Waals surface area contributed by atoms with Crippen LogP contribution in [-0.2, 0) is 22.1 Å². The Morgan fingerprint density at radius 3 is 2.73 bits per heavy atom. The second-order valence-corrected chi connectivity index (χ2v) is 2.79. The van der Waals surface area contributed by atoms with Gasteiger partial charge in [-0.3, -0.25) is 9.78 Å². The number of hydrogen-bond donors (Lipinski definition) is 0. The summed E-state index contributed by atoms with van der Waals surface area (Å²) >= 11 is 0. The van der Waals surface area contributed by atoms with Gasteiger partial charge in [0.2, 0.25) is 0 Å². The highest BCUT2D eigenvalue weighted by Crippen LogP contribution is 2.28. The van der Waals surface area contributed by atoms with Crippen LogP contribution >= 0.6 is 0 Å². The van der Waals surface area contributed by atoms with Gasteiger partial charge in [0.15, 0.2) is 0 Å². The fourth-order valence-electron chi connectivity index (χ4n) is 0.971. The third-order valence-electron chi connectivity index (χ3n) is 1.70. The van der Waals surface area contributed by atoms with Crippen LogP contribution in [0.25, 0.3) is 0 Å². The molecular formula is C9H8F3NO2. The predicted molar refractivity (Wildman–Crippen MR) is 45.0 cm³/mol. The van der Waals surface area contributed by atoms with Crippen LogP contribution in [0.15, 0.2) is 18.3 Å². The SMILES string of the molecule is COC(=O)Cc1cc(C(F)(F)F)ccn1. The number of aromatic nitrogens is 1. The van der Waals surface area contributed by atoms with E-state index in [9.17, 15) is 18.0 Å². The number of esters is 1. The third kappa shape index (κ3) is 3.23. The summed E-state index contributed by atoms with van der Waals surface area (Å²) < 4.78 is 41.0. The number of hydrogen-bond acceptors (Lipinski definition) is 3. The Balaban J connectivity index is 2.88. The summed E-state index contributed by atoms with van der Waals surface area (Å²) in [5.41, 5.74) is -0.784. The summed E-state index contributed by atoms with van der Waals surface area (Å²) in [7, 11) is 1.16. The van der Waals surface area contributed by atoms with E-state index in [1.807, 2.05) is 0 Å². The summed E-state index contributed by atoms with van der Waals surface area (Å²) in [5, 5.41) is 0. The topological polar surface area (TPSA) is 39.2 Å². The molecule has 0 bridgehead atoms. The average molecular weight is 219 g/mol. The van der Waals surface area contributed by atoms with Gasteiger partial charge in [0.25, 0.3) is 0 Å². The van der Waals surface area contributed by atoms with Gasteiger partial charge in [0.1, 0.15) is 0 Å². The van der Waals surface area contributed by atoms with Crippen molar-refractivity contribution in [2.75, 3.05) is 7.11 Å². The van der Waals surface area contributed by atoms with E-state index in [2.05, 4.69) is 9.72 Å². The van der Waals surface area contributed by atoms with Gasteiger partial charge in [-0.05, 0) is 12.1 Å². The maximum absolute atomic E-state index is 12.2. The zero-order valence-electron chi connectivity index (χ0n) is 7.84. The largest absolute Gasteiger partial charge is 0.469 e. The standard InChI is InChI=1S/C9H8F3NO2/c1-15-8(14)5-7-4-6(2-3-13-7)9(10,11)12/h2-4H,5H2,1H3. The van der Waals surface area contributed by atoms with Crippen LogP contribution in [0.2, 0.25) is 0 Å². The van der Waals surface area contributed by atoms with Gasteiger partial charge in [-0.2, -0.15) is 13.2 Å². The van der Waals surface area contributed by atoms with Crippen LogP contribution < -0.4 is 0 Å². The van der Waals surface area contributed by atoms with E-state index < -0.39 is 17.7 Å². The van der Waals surface area contributed by atoms with Crippen LogP contribution in [0.5, 0.6) is 0 Å². The van der Waals surface area contributed by atoms with Crippen LogP contribution in [0.4, 0.5) is 13.2 Å². The minimum absolute atomic E-state index is 0.0386. The van der Waals surface area contributed by atoms with Gasteiger partial charge in [-0.25, -0.2) is 0 Å². The molecule has 0 amide bonds. The zero-order valence-corrected chi connectivity index (χ0v) is 7.84. The molecule has 0 aliphatic carbocycles. The smallest absolute Gasteiger partial charge is 0.416 e. The molecule has 0 aliphatic rings. The van der Waals surface area contributed by atoms with Crippen molar-refractivity contribution in [1.82, 2.24) is 4.98 Å². The predicted octanol–water partition coefficient (Wildman–Crippen LogP) is 1.82. The number of ether oxygens (including phenoxy) is 1. The number of methoxy groups -OCH3 is 1. The zero-order chi connectivity index (χ0) is 11.5. The molecule has 1 rings (SSSR count). The molecule has 0 fully saturated rings. The third-order valence-corrected chi connectivity index (χ3v) is 1.70. The molecule has 0 aromatic carbocycles. The Bertz CT molecular complexity index is 363. The van der Waals surface area contributed by atoms with Gasteiger partial charge in [-0.1, -0.05) is 0 Å². The van der Waals surface area contributed by atoms with E-state index in [0.717, 1.165) is 25.4 Å². The lowest BCUT2D eigenvalue weighted by atomic mass is 10.2. The van der Waals surface area contributed by atoms with Crippen molar-refractivity contribution in [3.8, 4) is 0 Å². The van der Waals surface area contributed by atoms with Gasteiger partial charge < -0.3 is 4.74 Å². The number of halogens is 3. The number of carbonyl (C=O) groups excluding carboxylic acids is 1. The maximum atomic E-state index is 12.2. The van der Waals surface area contributed by atoms with Crippen LogP contribution in [0.3, 0.4) is 0 Å². The molecule has 0 aliphatic heterocycles. The number of alkyl halides is 3. The molecule has 1 heterocycles. The minimum Gasteiger partial charge on any atom is -0.469 e. The summed E-state index contributed by atoms with van der Waals surface area (Å²) in [6.45, 7) is 0. The van der Waals surface area contributed by atoms with Crippen molar-refractivity contribution in [2.45, 2.75) is 12.6 Å². The van der Waals surface area contributed by atoms with E-state index >= 15 is 0 Å². The quantitative estimate of drug-likeness (QED) is 0.712. The lowest BCUT2D eigenvalue weighted by Gasteiger charge is -2.07. The molecule has 6 heteroatoms. The fourth-order valence-corrected chi connectivity index (χ4v) is 0.971. The van der Waals surface area contributed by atoms with Crippen molar-refractivity contribution < 1.29 is 22.7 Å². The molecule has 0 radical (unpaired) electrons. The summed E-state index contributed by atoms with van der Waals surface area (Å²) in [4.78, 5) is 14.4. The Morgan fingerprint density at radius 2 is 2.20 bits per heavy atom. The van der Waals surface area contributed by atoms with E-state index in [1.54, 1.807) is 0 Å². The normalized spacial score (nSPS) is 11.2. The van der Waals surface area contributed by atoms with E-state index in [-0.39, 0.29) is 12.1 Å². The van der Waals surface area contributed by atoms with E-state index in [4.69, 9.17) is 0 Å².